The molecule has 86 valence electrons. The van der Waals surface area contributed by atoms with Gasteiger partial charge < -0.3 is 10.6 Å². The quantitative estimate of drug-likeness (QED) is 0.876. The van der Waals surface area contributed by atoms with E-state index in [1.54, 1.807) is 12.3 Å². The van der Waals surface area contributed by atoms with Crippen LogP contribution < -0.4 is 10.6 Å². The van der Waals surface area contributed by atoms with Gasteiger partial charge >= 0.3 is 0 Å². The maximum atomic E-state index is 11.8. The summed E-state index contributed by atoms with van der Waals surface area (Å²) in [5.41, 5.74) is 0.452. The SMILES string of the molecule is O=C(NCC1CCNC1)c1ncccc1Br. The zero-order valence-electron chi connectivity index (χ0n) is 8.87. The first-order valence-electron chi connectivity index (χ1n) is 5.37. The van der Waals surface area contributed by atoms with E-state index >= 15 is 0 Å². The van der Waals surface area contributed by atoms with Crippen LogP contribution in [0.3, 0.4) is 0 Å². The van der Waals surface area contributed by atoms with Crippen molar-refractivity contribution in [3.8, 4) is 0 Å². The highest BCUT2D eigenvalue weighted by atomic mass is 79.9. The molecule has 1 atom stereocenters. The number of carbonyl (C=O) groups is 1. The van der Waals surface area contributed by atoms with Crippen molar-refractivity contribution in [2.75, 3.05) is 19.6 Å². The Morgan fingerprint density at radius 2 is 2.56 bits per heavy atom. The maximum absolute atomic E-state index is 11.8. The third-order valence-corrected chi connectivity index (χ3v) is 3.33. The van der Waals surface area contributed by atoms with Gasteiger partial charge in [-0.3, -0.25) is 4.79 Å². The van der Waals surface area contributed by atoms with E-state index in [9.17, 15) is 4.79 Å². The van der Waals surface area contributed by atoms with Crippen LogP contribution in [-0.4, -0.2) is 30.5 Å². The summed E-state index contributed by atoms with van der Waals surface area (Å²) in [6.07, 6.45) is 2.75. The van der Waals surface area contributed by atoms with Crippen LogP contribution in [0.4, 0.5) is 0 Å². The second kappa shape index (κ2) is 5.41. The van der Waals surface area contributed by atoms with Crippen LogP contribution in [0.15, 0.2) is 22.8 Å². The van der Waals surface area contributed by atoms with Crippen LogP contribution in [-0.2, 0) is 0 Å². The van der Waals surface area contributed by atoms with Gasteiger partial charge in [-0.25, -0.2) is 4.98 Å². The Morgan fingerprint density at radius 1 is 1.69 bits per heavy atom. The summed E-state index contributed by atoms with van der Waals surface area (Å²) in [6, 6.07) is 3.61. The number of amides is 1. The lowest BCUT2D eigenvalue weighted by atomic mass is 10.1. The molecule has 0 radical (unpaired) electrons. The monoisotopic (exact) mass is 283 g/mol. The summed E-state index contributed by atoms with van der Waals surface area (Å²) >= 11 is 3.31. The van der Waals surface area contributed by atoms with Crippen molar-refractivity contribution < 1.29 is 4.79 Å². The standard InChI is InChI=1S/C11H14BrN3O/c12-9-2-1-4-14-10(9)11(16)15-7-8-3-5-13-6-8/h1-2,4,8,13H,3,5-7H2,(H,15,16). The molecule has 0 bridgehead atoms. The van der Waals surface area contributed by atoms with Crippen LogP contribution in [0, 0.1) is 5.92 Å². The second-order valence-electron chi connectivity index (χ2n) is 3.90. The highest BCUT2D eigenvalue weighted by Gasteiger charge is 2.17. The minimum atomic E-state index is -0.112. The minimum Gasteiger partial charge on any atom is -0.350 e. The van der Waals surface area contributed by atoms with E-state index in [-0.39, 0.29) is 5.91 Å². The zero-order valence-corrected chi connectivity index (χ0v) is 10.5. The molecule has 4 nitrogen and oxygen atoms in total. The Labute approximate surface area is 103 Å². The topological polar surface area (TPSA) is 54.0 Å². The van der Waals surface area contributed by atoms with Crippen LogP contribution >= 0.6 is 15.9 Å². The van der Waals surface area contributed by atoms with Gasteiger partial charge in [0, 0.05) is 17.2 Å². The largest absolute Gasteiger partial charge is 0.350 e. The van der Waals surface area contributed by atoms with E-state index in [1.165, 1.54) is 0 Å². The number of nitrogens with zero attached hydrogens (tertiary/aromatic N) is 1. The van der Waals surface area contributed by atoms with E-state index in [0.29, 0.717) is 11.6 Å². The highest BCUT2D eigenvalue weighted by Crippen LogP contribution is 2.13. The van der Waals surface area contributed by atoms with Gasteiger partial charge in [-0.15, -0.1) is 0 Å². The molecule has 2 heterocycles. The van der Waals surface area contributed by atoms with E-state index in [0.717, 1.165) is 30.5 Å². The minimum absolute atomic E-state index is 0.112. The zero-order chi connectivity index (χ0) is 11.4. The number of pyridine rings is 1. The molecular weight excluding hydrogens is 270 g/mol. The van der Waals surface area contributed by atoms with Gasteiger partial charge in [0.1, 0.15) is 5.69 Å². The Bertz CT molecular complexity index is 377. The number of halogens is 1. The van der Waals surface area contributed by atoms with Crippen LogP contribution in [0.5, 0.6) is 0 Å². The van der Waals surface area contributed by atoms with Crippen molar-refractivity contribution in [2.45, 2.75) is 6.42 Å². The fourth-order valence-electron chi connectivity index (χ4n) is 1.76. The third kappa shape index (κ3) is 2.80. The number of rotatable bonds is 3. The van der Waals surface area contributed by atoms with Gasteiger partial charge in [-0.1, -0.05) is 0 Å². The van der Waals surface area contributed by atoms with Crippen molar-refractivity contribution in [3.63, 3.8) is 0 Å². The first kappa shape index (κ1) is 11.5. The smallest absolute Gasteiger partial charge is 0.271 e. The van der Waals surface area contributed by atoms with E-state index in [1.807, 2.05) is 6.07 Å². The molecule has 1 fully saturated rings. The van der Waals surface area contributed by atoms with Crippen LogP contribution in [0.1, 0.15) is 16.9 Å². The lowest BCUT2D eigenvalue weighted by molar-refractivity contribution is 0.0942. The Kier molecular flexibility index (Phi) is 3.90. The summed E-state index contributed by atoms with van der Waals surface area (Å²) in [7, 11) is 0. The van der Waals surface area contributed by atoms with Gasteiger partial charge in [-0.2, -0.15) is 0 Å². The lowest BCUT2D eigenvalue weighted by Crippen LogP contribution is -2.31. The van der Waals surface area contributed by atoms with Crippen LogP contribution in [0.25, 0.3) is 0 Å². The van der Waals surface area contributed by atoms with E-state index in [4.69, 9.17) is 0 Å². The Morgan fingerprint density at radius 3 is 3.25 bits per heavy atom. The average molecular weight is 284 g/mol. The lowest BCUT2D eigenvalue weighted by Gasteiger charge is -2.10. The molecule has 1 aromatic heterocycles. The average Bonchev–Trinajstić information content (AvgIpc) is 2.79. The number of nitrogens with one attached hydrogen (secondary N) is 2. The first-order valence-corrected chi connectivity index (χ1v) is 6.16. The molecule has 0 aromatic carbocycles. The molecule has 16 heavy (non-hydrogen) atoms. The number of hydrogen-bond donors (Lipinski definition) is 2. The predicted molar refractivity (Wildman–Crippen MR) is 65.2 cm³/mol. The van der Waals surface area contributed by atoms with Crippen molar-refractivity contribution in [1.82, 2.24) is 15.6 Å². The molecule has 0 saturated carbocycles. The fraction of sp³-hybridized carbons (Fsp3) is 0.455. The summed E-state index contributed by atoms with van der Waals surface area (Å²) < 4.78 is 0.733. The van der Waals surface area contributed by atoms with Crippen molar-refractivity contribution in [1.29, 1.82) is 0 Å². The molecular formula is C11H14BrN3O. The number of carbonyl (C=O) groups excluding carboxylic acids is 1. The number of hydrogen-bond acceptors (Lipinski definition) is 3. The van der Waals surface area contributed by atoms with Gasteiger partial charge in [0.2, 0.25) is 0 Å². The summed E-state index contributed by atoms with van der Waals surface area (Å²) in [5, 5.41) is 6.18. The van der Waals surface area contributed by atoms with Crippen LogP contribution in [0.2, 0.25) is 0 Å². The highest BCUT2D eigenvalue weighted by molar-refractivity contribution is 9.10. The van der Waals surface area contributed by atoms with Crippen molar-refractivity contribution in [3.05, 3.63) is 28.5 Å². The second-order valence-corrected chi connectivity index (χ2v) is 4.76. The van der Waals surface area contributed by atoms with E-state index < -0.39 is 0 Å². The summed E-state index contributed by atoms with van der Waals surface area (Å²) in [6.45, 7) is 2.76. The van der Waals surface area contributed by atoms with E-state index in [2.05, 4.69) is 31.5 Å². The first-order chi connectivity index (χ1) is 7.77. The molecule has 1 aromatic rings. The van der Waals surface area contributed by atoms with Gasteiger partial charge in [0.05, 0.1) is 0 Å². The fourth-order valence-corrected chi connectivity index (χ4v) is 2.20. The molecule has 5 heteroatoms. The van der Waals surface area contributed by atoms with Gasteiger partial charge in [0.15, 0.2) is 0 Å². The van der Waals surface area contributed by atoms with Crippen molar-refractivity contribution in [2.24, 2.45) is 5.92 Å². The number of aromatic nitrogens is 1. The summed E-state index contributed by atoms with van der Waals surface area (Å²) in [4.78, 5) is 15.8. The molecule has 1 aliphatic rings. The molecule has 0 spiro atoms. The molecule has 1 amide bonds. The molecule has 2 rings (SSSR count). The Hall–Kier alpha value is -0.940. The maximum Gasteiger partial charge on any atom is 0.271 e. The molecule has 0 aliphatic carbocycles. The molecule has 1 unspecified atom stereocenters. The summed E-state index contributed by atoms with van der Waals surface area (Å²) in [5.74, 6) is 0.436. The predicted octanol–water partition coefficient (Wildman–Crippen LogP) is 1.18. The molecule has 2 N–H and O–H groups in total. The normalized spacial score (nSPS) is 19.7. The van der Waals surface area contributed by atoms with Gasteiger partial charge in [0.25, 0.3) is 5.91 Å². The van der Waals surface area contributed by atoms with Gasteiger partial charge in [-0.05, 0) is 53.5 Å². The third-order valence-electron chi connectivity index (χ3n) is 2.69. The Balaban J connectivity index is 1.90. The molecule has 1 saturated heterocycles. The molecule has 1 aliphatic heterocycles. The van der Waals surface area contributed by atoms with Crippen molar-refractivity contribution >= 4 is 21.8 Å².